The molecule has 0 amide bonds. The summed E-state index contributed by atoms with van der Waals surface area (Å²) in [6, 6.07) is 10.2. The molecule has 3 aromatic rings. The molecule has 4 heteroatoms. The van der Waals surface area contributed by atoms with Gasteiger partial charge in [0.1, 0.15) is 0 Å². The highest BCUT2D eigenvalue weighted by Gasteiger charge is 2.22. The molecular weight excluding hydrogens is 260 g/mol. The van der Waals surface area contributed by atoms with Gasteiger partial charge in [-0.3, -0.25) is 4.68 Å². The van der Waals surface area contributed by atoms with Gasteiger partial charge in [-0.2, -0.15) is 10.2 Å². The Hall–Kier alpha value is -2.36. The van der Waals surface area contributed by atoms with Crippen LogP contribution >= 0.6 is 0 Å². The van der Waals surface area contributed by atoms with Gasteiger partial charge in [0.15, 0.2) is 0 Å². The highest BCUT2D eigenvalue weighted by atomic mass is 15.3. The molecule has 1 aliphatic carbocycles. The summed E-state index contributed by atoms with van der Waals surface area (Å²) in [6.45, 7) is 3.14. The molecule has 106 valence electrons. The minimum atomic E-state index is 0.834. The molecule has 0 N–H and O–H groups in total. The molecule has 4 rings (SSSR count). The molecule has 0 aliphatic heterocycles. The first kappa shape index (κ1) is 12.4. The Morgan fingerprint density at radius 1 is 1.14 bits per heavy atom. The highest BCUT2D eigenvalue weighted by Crippen LogP contribution is 2.31. The number of rotatable bonds is 4. The number of hydrogen-bond acceptors (Lipinski definition) is 2. The van der Waals surface area contributed by atoms with Crippen LogP contribution in [0.5, 0.6) is 0 Å². The minimum absolute atomic E-state index is 0.834. The summed E-state index contributed by atoms with van der Waals surface area (Å²) in [5, 5.41) is 9.18. The zero-order chi connectivity index (χ0) is 14.2. The van der Waals surface area contributed by atoms with Crippen LogP contribution in [-0.2, 0) is 6.54 Å². The fourth-order valence-corrected chi connectivity index (χ4v) is 2.61. The van der Waals surface area contributed by atoms with Crippen molar-refractivity contribution in [3.63, 3.8) is 0 Å². The van der Waals surface area contributed by atoms with E-state index < -0.39 is 0 Å². The maximum absolute atomic E-state index is 4.72. The third-order valence-corrected chi connectivity index (χ3v) is 3.97. The Balaban J connectivity index is 1.65. The molecule has 1 saturated carbocycles. The summed E-state index contributed by atoms with van der Waals surface area (Å²) in [5.41, 5.74) is 4.37. The van der Waals surface area contributed by atoms with E-state index in [1.807, 2.05) is 33.8 Å². The molecule has 2 aromatic heterocycles. The summed E-state index contributed by atoms with van der Waals surface area (Å²) >= 11 is 0. The van der Waals surface area contributed by atoms with Gasteiger partial charge in [-0.1, -0.05) is 18.2 Å². The van der Waals surface area contributed by atoms with Gasteiger partial charge in [0, 0.05) is 24.5 Å². The van der Waals surface area contributed by atoms with Crippen molar-refractivity contribution in [3.05, 3.63) is 54.5 Å². The predicted molar refractivity (Wildman–Crippen MR) is 82.2 cm³/mol. The van der Waals surface area contributed by atoms with Crippen LogP contribution in [0, 0.1) is 12.8 Å². The Bertz CT molecular complexity index is 750. The van der Waals surface area contributed by atoms with Crippen molar-refractivity contribution in [2.75, 3.05) is 0 Å². The van der Waals surface area contributed by atoms with Crippen LogP contribution in [0.15, 0.2) is 48.9 Å². The van der Waals surface area contributed by atoms with Crippen molar-refractivity contribution < 1.29 is 0 Å². The van der Waals surface area contributed by atoms with Gasteiger partial charge < -0.3 is 0 Å². The van der Waals surface area contributed by atoms with Crippen LogP contribution in [0.3, 0.4) is 0 Å². The van der Waals surface area contributed by atoms with Crippen molar-refractivity contribution >= 4 is 0 Å². The monoisotopic (exact) mass is 278 g/mol. The number of benzene rings is 1. The van der Waals surface area contributed by atoms with E-state index in [-0.39, 0.29) is 0 Å². The molecule has 1 fully saturated rings. The maximum Gasteiger partial charge on any atom is 0.0988 e. The van der Waals surface area contributed by atoms with Gasteiger partial charge in [0.2, 0.25) is 0 Å². The fraction of sp³-hybridized carbons (Fsp3) is 0.294. The van der Waals surface area contributed by atoms with E-state index in [9.17, 15) is 0 Å². The van der Waals surface area contributed by atoms with E-state index in [1.54, 1.807) is 0 Å². The van der Waals surface area contributed by atoms with Crippen molar-refractivity contribution in [1.29, 1.82) is 0 Å². The van der Waals surface area contributed by atoms with Gasteiger partial charge in [-0.15, -0.1) is 0 Å². The molecule has 0 radical (unpaired) electrons. The van der Waals surface area contributed by atoms with E-state index in [4.69, 9.17) is 5.10 Å². The first-order valence-electron chi connectivity index (χ1n) is 7.44. The van der Waals surface area contributed by atoms with E-state index in [0.29, 0.717) is 0 Å². The minimum Gasteiger partial charge on any atom is -0.272 e. The first-order chi connectivity index (χ1) is 10.3. The van der Waals surface area contributed by atoms with Crippen LogP contribution in [0.25, 0.3) is 16.9 Å². The summed E-state index contributed by atoms with van der Waals surface area (Å²) < 4.78 is 3.98. The third-order valence-electron chi connectivity index (χ3n) is 3.97. The van der Waals surface area contributed by atoms with Crippen molar-refractivity contribution in [3.8, 4) is 16.9 Å². The fourth-order valence-electron chi connectivity index (χ4n) is 2.61. The molecule has 0 atom stereocenters. The Kier molecular flexibility index (Phi) is 2.88. The third kappa shape index (κ3) is 2.49. The summed E-state index contributed by atoms with van der Waals surface area (Å²) in [7, 11) is 0. The lowest BCUT2D eigenvalue weighted by Crippen LogP contribution is -1.99. The molecule has 21 heavy (non-hydrogen) atoms. The van der Waals surface area contributed by atoms with Crippen molar-refractivity contribution in [2.24, 2.45) is 5.92 Å². The lowest BCUT2D eigenvalue weighted by atomic mass is 10.2. The smallest absolute Gasteiger partial charge is 0.0988 e. The Labute approximate surface area is 124 Å². The lowest BCUT2D eigenvalue weighted by molar-refractivity contribution is 0.563. The molecule has 0 bridgehead atoms. The van der Waals surface area contributed by atoms with Gasteiger partial charge in [0.25, 0.3) is 0 Å². The molecule has 1 aromatic carbocycles. The Morgan fingerprint density at radius 2 is 1.95 bits per heavy atom. The predicted octanol–water partition coefficient (Wildman–Crippen LogP) is 3.45. The zero-order valence-electron chi connectivity index (χ0n) is 12.1. The molecule has 0 unspecified atom stereocenters. The van der Waals surface area contributed by atoms with E-state index in [2.05, 4.69) is 36.5 Å². The number of nitrogens with zero attached hydrogens (tertiary/aromatic N) is 4. The zero-order valence-corrected chi connectivity index (χ0v) is 12.1. The largest absolute Gasteiger partial charge is 0.272 e. The standard InChI is InChI=1S/C17H18N4/c1-13-10-21(16-5-3-2-4-6-16)19-17(13)15-9-18-20(12-15)11-14-7-8-14/h2-6,9-10,12,14H,7-8,11H2,1H3. The molecular formula is C17H18N4. The lowest BCUT2D eigenvalue weighted by Gasteiger charge is -1.99. The normalized spacial score (nSPS) is 14.5. The number of aromatic nitrogens is 4. The van der Waals surface area contributed by atoms with Gasteiger partial charge in [-0.05, 0) is 43.4 Å². The summed E-state index contributed by atoms with van der Waals surface area (Å²) in [4.78, 5) is 0. The van der Waals surface area contributed by atoms with Crippen molar-refractivity contribution in [2.45, 2.75) is 26.3 Å². The molecule has 4 nitrogen and oxygen atoms in total. The number of aryl methyl sites for hydroxylation is 1. The van der Waals surface area contributed by atoms with Crippen LogP contribution in [-0.4, -0.2) is 19.6 Å². The van der Waals surface area contributed by atoms with Crippen LogP contribution in [0.1, 0.15) is 18.4 Å². The van der Waals surface area contributed by atoms with Crippen LogP contribution in [0.4, 0.5) is 0 Å². The second kappa shape index (κ2) is 4.88. The van der Waals surface area contributed by atoms with E-state index in [1.165, 1.54) is 18.4 Å². The SMILES string of the molecule is Cc1cn(-c2ccccc2)nc1-c1cnn(CC2CC2)c1. The quantitative estimate of drug-likeness (QED) is 0.732. The second-order valence-corrected chi connectivity index (χ2v) is 5.84. The summed E-state index contributed by atoms with van der Waals surface area (Å²) in [5.74, 6) is 0.834. The first-order valence-corrected chi connectivity index (χ1v) is 7.44. The highest BCUT2D eigenvalue weighted by molar-refractivity contribution is 5.61. The van der Waals surface area contributed by atoms with Gasteiger partial charge in [-0.25, -0.2) is 4.68 Å². The van der Waals surface area contributed by atoms with Crippen LogP contribution in [0.2, 0.25) is 0 Å². The van der Waals surface area contributed by atoms with Crippen LogP contribution < -0.4 is 0 Å². The maximum atomic E-state index is 4.72. The average Bonchev–Trinajstić information content (AvgIpc) is 3.05. The molecule has 0 saturated heterocycles. The van der Waals surface area contributed by atoms with Gasteiger partial charge in [0.05, 0.1) is 17.6 Å². The molecule has 0 spiro atoms. The Morgan fingerprint density at radius 3 is 2.71 bits per heavy atom. The molecule has 2 heterocycles. The average molecular weight is 278 g/mol. The second-order valence-electron chi connectivity index (χ2n) is 5.84. The molecule has 1 aliphatic rings. The van der Waals surface area contributed by atoms with E-state index in [0.717, 1.165) is 29.4 Å². The number of para-hydroxylation sites is 1. The topological polar surface area (TPSA) is 35.6 Å². The van der Waals surface area contributed by atoms with Crippen molar-refractivity contribution in [1.82, 2.24) is 19.6 Å². The summed E-state index contributed by atoms with van der Waals surface area (Å²) in [6.07, 6.45) is 8.80. The van der Waals surface area contributed by atoms with Gasteiger partial charge >= 0.3 is 0 Å². The number of hydrogen-bond donors (Lipinski definition) is 0. The van der Waals surface area contributed by atoms with E-state index >= 15 is 0 Å².